The molecule has 0 aliphatic heterocycles. The largest absolute Gasteiger partial charge is 0.508 e. The Balaban J connectivity index is 0.000000283. The molecule has 1 atom stereocenters. The van der Waals surface area contributed by atoms with Crippen molar-refractivity contribution < 1.29 is 34.8 Å². The number of hydrogen-bond donors (Lipinski definition) is 4. The monoisotopic (exact) mass is 388 g/mol. The molecule has 28 heavy (non-hydrogen) atoms. The second kappa shape index (κ2) is 10.8. The number of phenolic OH excluding ortho intramolecular Hbond substituents is 1. The van der Waals surface area contributed by atoms with E-state index in [4.69, 9.17) is 15.3 Å². The van der Waals surface area contributed by atoms with Gasteiger partial charge in [-0.05, 0) is 48.7 Å². The molecule has 0 spiro atoms. The topological polar surface area (TPSA) is 132 Å². The molecule has 0 bridgehead atoms. The minimum Gasteiger partial charge on any atom is -0.508 e. The molecule has 7 heteroatoms. The highest BCUT2D eigenvalue weighted by atomic mass is 16.4. The van der Waals surface area contributed by atoms with Gasteiger partial charge in [-0.25, -0.2) is 9.59 Å². The summed E-state index contributed by atoms with van der Waals surface area (Å²) in [4.78, 5) is 32.4. The van der Waals surface area contributed by atoms with Crippen molar-refractivity contribution in [2.45, 2.75) is 39.2 Å². The Morgan fingerprint density at radius 1 is 0.964 bits per heavy atom. The summed E-state index contributed by atoms with van der Waals surface area (Å²) >= 11 is 0. The van der Waals surface area contributed by atoms with E-state index < -0.39 is 18.0 Å². The zero-order valence-electron chi connectivity index (χ0n) is 15.8. The summed E-state index contributed by atoms with van der Waals surface area (Å²) in [5, 5.41) is 35.9. The average molecular weight is 388 g/mol. The van der Waals surface area contributed by atoms with Gasteiger partial charge in [-0.15, -0.1) is 0 Å². The molecule has 2 aromatic carbocycles. The van der Waals surface area contributed by atoms with Crippen LogP contribution in [0.2, 0.25) is 0 Å². The molecular weight excluding hydrogens is 364 g/mol. The predicted molar refractivity (Wildman–Crippen MR) is 103 cm³/mol. The third kappa shape index (κ3) is 7.20. The molecule has 150 valence electrons. The Morgan fingerprint density at radius 2 is 1.57 bits per heavy atom. The number of aliphatic hydroxyl groups excluding tert-OH is 1. The lowest BCUT2D eigenvalue weighted by Crippen LogP contribution is -2.22. The highest BCUT2D eigenvalue weighted by Gasteiger charge is 2.14. The Morgan fingerprint density at radius 3 is 2.07 bits per heavy atom. The lowest BCUT2D eigenvalue weighted by molar-refractivity contribution is -0.127. The Hall–Kier alpha value is -3.19. The third-order valence-electron chi connectivity index (χ3n) is 3.95. The lowest BCUT2D eigenvalue weighted by atomic mass is 10.0. The molecule has 4 N–H and O–H groups in total. The van der Waals surface area contributed by atoms with E-state index in [1.807, 2.05) is 6.92 Å². The number of carboxylic acid groups (broad SMARTS) is 2. The molecule has 0 aromatic heterocycles. The SMILES string of the molecule is CCCC(=O)C(O)Cc1ccc(O)cc1.Cc1ccc(C(=O)O)cc1C(=O)O. The van der Waals surface area contributed by atoms with Gasteiger partial charge < -0.3 is 20.4 Å². The smallest absolute Gasteiger partial charge is 0.335 e. The lowest BCUT2D eigenvalue weighted by Gasteiger charge is -2.08. The van der Waals surface area contributed by atoms with Gasteiger partial charge in [0.1, 0.15) is 11.9 Å². The van der Waals surface area contributed by atoms with Crippen molar-refractivity contribution >= 4 is 17.7 Å². The normalized spacial score (nSPS) is 11.1. The minimum atomic E-state index is -1.12. The molecule has 0 heterocycles. The number of carbonyl (C=O) groups is 3. The molecule has 0 aliphatic carbocycles. The fourth-order valence-electron chi connectivity index (χ4n) is 2.37. The maximum absolute atomic E-state index is 11.3. The Bertz CT molecular complexity index is 825. The van der Waals surface area contributed by atoms with E-state index in [1.165, 1.54) is 12.1 Å². The van der Waals surface area contributed by atoms with E-state index in [9.17, 15) is 19.5 Å². The molecule has 1 unspecified atom stereocenters. The van der Waals surface area contributed by atoms with E-state index in [0.717, 1.165) is 18.1 Å². The number of Topliss-reactive ketones (excluding diaryl/α,β-unsaturated/α-hetero) is 1. The van der Waals surface area contributed by atoms with Gasteiger partial charge in [0.2, 0.25) is 0 Å². The van der Waals surface area contributed by atoms with Crippen molar-refractivity contribution in [2.24, 2.45) is 0 Å². The van der Waals surface area contributed by atoms with Crippen LogP contribution in [0.25, 0.3) is 0 Å². The van der Waals surface area contributed by atoms with Crippen molar-refractivity contribution in [3.05, 3.63) is 64.7 Å². The van der Waals surface area contributed by atoms with E-state index in [2.05, 4.69) is 0 Å². The van der Waals surface area contributed by atoms with Crippen molar-refractivity contribution in [1.82, 2.24) is 0 Å². The van der Waals surface area contributed by atoms with Crippen LogP contribution < -0.4 is 0 Å². The minimum absolute atomic E-state index is 0.0111. The van der Waals surface area contributed by atoms with Crippen LogP contribution in [0.4, 0.5) is 0 Å². The fraction of sp³-hybridized carbons (Fsp3) is 0.286. The van der Waals surface area contributed by atoms with E-state index in [-0.39, 0.29) is 22.7 Å². The number of aliphatic hydroxyl groups is 1. The highest BCUT2D eigenvalue weighted by Crippen LogP contribution is 2.12. The highest BCUT2D eigenvalue weighted by molar-refractivity contribution is 5.94. The quantitative estimate of drug-likeness (QED) is 0.573. The molecule has 7 nitrogen and oxygen atoms in total. The predicted octanol–water partition coefficient (Wildman–Crippen LogP) is 3.06. The van der Waals surface area contributed by atoms with Crippen LogP contribution in [0.5, 0.6) is 5.75 Å². The number of aromatic hydroxyl groups is 1. The average Bonchev–Trinajstić information content (AvgIpc) is 2.64. The summed E-state index contributed by atoms with van der Waals surface area (Å²) in [6.07, 6.45) is 0.568. The maximum atomic E-state index is 11.3. The number of phenols is 1. The van der Waals surface area contributed by atoms with Crippen molar-refractivity contribution in [1.29, 1.82) is 0 Å². The van der Waals surface area contributed by atoms with E-state index in [0.29, 0.717) is 18.4 Å². The van der Waals surface area contributed by atoms with Crippen LogP contribution in [-0.2, 0) is 11.2 Å². The summed E-state index contributed by atoms with van der Waals surface area (Å²) in [5.74, 6) is -2.17. The third-order valence-corrected chi connectivity index (χ3v) is 3.95. The number of ketones is 1. The maximum Gasteiger partial charge on any atom is 0.335 e. The number of aromatic carboxylic acids is 2. The molecule has 0 radical (unpaired) electrons. The molecule has 0 saturated heterocycles. The first-order valence-electron chi connectivity index (χ1n) is 8.71. The summed E-state index contributed by atoms with van der Waals surface area (Å²) in [6, 6.07) is 10.5. The molecule has 0 aliphatic rings. The standard InChI is InChI=1S/C12H16O3.C9H8O4/c1-2-3-11(14)12(15)8-9-4-6-10(13)7-5-9;1-5-2-3-6(8(10)11)4-7(5)9(12)13/h4-7,12-13,15H,2-3,8H2,1H3;2-4H,1H3,(H,10,11)(H,12,13). The summed E-state index contributed by atoms with van der Waals surface area (Å²) in [5.41, 5.74) is 1.42. The molecular formula is C21H24O7. The Labute approximate surface area is 162 Å². The molecule has 0 saturated carbocycles. The fourth-order valence-corrected chi connectivity index (χ4v) is 2.37. The Kier molecular flexibility index (Phi) is 8.84. The molecule has 0 fully saturated rings. The summed E-state index contributed by atoms with van der Waals surface area (Å²) < 4.78 is 0. The van der Waals surface area contributed by atoms with Crippen LogP contribution in [0.1, 0.15) is 51.6 Å². The van der Waals surface area contributed by atoms with Crippen LogP contribution >= 0.6 is 0 Å². The second-order valence-electron chi connectivity index (χ2n) is 6.24. The van der Waals surface area contributed by atoms with Gasteiger partial charge in [0.25, 0.3) is 0 Å². The van der Waals surface area contributed by atoms with Gasteiger partial charge in [0, 0.05) is 12.8 Å². The van der Waals surface area contributed by atoms with Gasteiger partial charge in [0.05, 0.1) is 11.1 Å². The zero-order valence-corrected chi connectivity index (χ0v) is 15.8. The number of carboxylic acids is 2. The number of rotatable bonds is 7. The van der Waals surface area contributed by atoms with Gasteiger partial charge >= 0.3 is 11.9 Å². The van der Waals surface area contributed by atoms with Crippen molar-refractivity contribution in [3.63, 3.8) is 0 Å². The number of benzene rings is 2. The zero-order chi connectivity index (χ0) is 21.3. The number of hydrogen-bond acceptors (Lipinski definition) is 5. The van der Waals surface area contributed by atoms with Gasteiger partial charge in [0.15, 0.2) is 5.78 Å². The van der Waals surface area contributed by atoms with Crippen LogP contribution in [0.15, 0.2) is 42.5 Å². The number of carbonyl (C=O) groups excluding carboxylic acids is 1. The van der Waals surface area contributed by atoms with Crippen LogP contribution in [0.3, 0.4) is 0 Å². The first kappa shape index (κ1) is 22.9. The molecule has 2 rings (SSSR count). The first-order chi connectivity index (χ1) is 13.1. The first-order valence-corrected chi connectivity index (χ1v) is 8.71. The van der Waals surface area contributed by atoms with Gasteiger partial charge in [-0.1, -0.05) is 25.1 Å². The van der Waals surface area contributed by atoms with Crippen molar-refractivity contribution in [2.75, 3.05) is 0 Å². The second-order valence-corrected chi connectivity index (χ2v) is 6.24. The van der Waals surface area contributed by atoms with Crippen molar-refractivity contribution in [3.8, 4) is 5.75 Å². The van der Waals surface area contributed by atoms with E-state index in [1.54, 1.807) is 31.2 Å². The van der Waals surface area contributed by atoms with E-state index >= 15 is 0 Å². The van der Waals surface area contributed by atoms with Gasteiger partial charge in [-0.3, -0.25) is 4.79 Å². The van der Waals surface area contributed by atoms with Crippen LogP contribution in [0, 0.1) is 6.92 Å². The number of aryl methyl sites for hydroxylation is 1. The summed E-state index contributed by atoms with van der Waals surface area (Å²) in [7, 11) is 0. The summed E-state index contributed by atoms with van der Waals surface area (Å²) in [6.45, 7) is 3.53. The molecule has 2 aromatic rings. The van der Waals surface area contributed by atoms with Crippen LogP contribution in [-0.4, -0.2) is 44.3 Å². The molecule has 0 amide bonds. The van der Waals surface area contributed by atoms with Gasteiger partial charge in [-0.2, -0.15) is 0 Å².